The lowest BCUT2D eigenvalue weighted by atomic mass is 9.72. The Bertz CT molecular complexity index is 275. The molecule has 1 rings (SSSR count). The van der Waals surface area contributed by atoms with E-state index >= 15 is 0 Å². The molecule has 0 amide bonds. The zero-order valence-corrected chi connectivity index (χ0v) is 11.3. The third-order valence-electron chi connectivity index (χ3n) is 3.39. The summed E-state index contributed by atoms with van der Waals surface area (Å²) in [7, 11) is -2.87. The molecule has 0 bridgehead atoms. The van der Waals surface area contributed by atoms with Crippen LogP contribution in [0.5, 0.6) is 0 Å². The second-order valence-corrected chi connectivity index (χ2v) is 7.49. The van der Waals surface area contributed by atoms with Crippen LogP contribution >= 0.6 is 15.9 Å². The topological polar surface area (TPSA) is 34.1 Å². The maximum atomic E-state index is 11.9. The monoisotopic (exact) mass is 282 g/mol. The third-order valence-corrected chi connectivity index (χ3v) is 7.16. The molecule has 4 heteroatoms. The highest BCUT2D eigenvalue weighted by Crippen LogP contribution is 2.44. The fourth-order valence-electron chi connectivity index (χ4n) is 1.82. The Balaban J connectivity index is 2.67. The summed E-state index contributed by atoms with van der Waals surface area (Å²) in [5.74, 6) is 0.375. The van der Waals surface area contributed by atoms with Crippen LogP contribution in [0.1, 0.15) is 39.5 Å². The molecule has 14 heavy (non-hydrogen) atoms. The van der Waals surface area contributed by atoms with Gasteiger partial charge in [0.2, 0.25) is 0 Å². The van der Waals surface area contributed by atoms with E-state index in [2.05, 4.69) is 15.9 Å². The van der Waals surface area contributed by atoms with E-state index < -0.39 is 9.84 Å². The maximum Gasteiger partial charge on any atom is 0.153 e. The van der Waals surface area contributed by atoms with E-state index in [1.807, 2.05) is 13.8 Å². The van der Waals surface area contributed by atoms with Crippen molar-refractivity contribution in [2.24, 2.45) is 5.41 Å². The number of hydrogen-bond donors (Lipinski definition) is 0. The smallest absolute Gasteiger partial charge is 0.153 e. The number of sulfone groups is 1. The van der Waals surface area contributed by atoms with E-state index in [1.165, 1.54) is 6.42 Å². The molecule has 0 aromatic heterocycles. The zero-order valence-electron chi connectivity index (χ0n) is 8.92. The molecule has 1 atom stereocenters. The summed E-state index contributed by atoms with van der Waals surface area (Å²) in [5, 5.41) is 0.648. The van der Waals surface area contributed by atoms with Gasteiger partial charge in [0.05, 0.1) is 11.0 Å². The van der Waals surface area contributed by atoms with Gasteiger partial charge in [-0.3, -0.25) is 0 Å². The SMILES string of the molecule is CCC(C)S(=O)(=O)CC1(CBr)CCC1. The van der Waals surface area contributed by atoms with Crippen LogP contribution in [0.25, 0.3) is 0 Å². The Morgan fingerprint density at radius 2 is 2.00 bits per heavy atom. The fourth-order valence-corrected chi connectivity index (χ4v) is 4.87. The summed E-state index contributed by atoms with van der Waals surface area (Å²) in [4.78, 5) is 0. The molecule has 1 unspecified atom stereocenters. The Kier molecular flexibility index (Phi) is 4.03. The van der Waals surface area contributed by atoms with E-state index in [-0.39, 0.29) is 10.7 Å². The number of rotatable bonds is 5. The van der Waals surface area contributed by atoms with Gasteiger partial charge in [-0.1, -0.05) is 29.3 Å². The first-order valence-electron chi connectivity index (χ1n) is 5.23. The van der Waals surface area contributed by atoms with Crippen molar-refractivity contribution in [1.29, 1.82) is 0 Å². The Hall–Kier alpha value is 0.430. The maximum absolute atomic E-state index is 11.9. The number of hydrogen-bond acceptors (Lipinski definition) is 2. The van der Waals surface area contributed by atoms with Gasteiger partial charge in [-0.2, -0.15) is 0 Å². The fraction of sp³-hybridized carbons (Fsp3) is 1.00. The minimum absolute atomic E-state index is 0.0578. The van der Waals surface area contributed by atoms with Gasteiger partial charge in [0.25, 0.3) is 0 Å². The Morgan fingerprint density at radius 3 is 2.29 bits per heavy atom. The van der Waals surface area contributed by atoms with Crippen molar-refractivity contribution in [3.8, 4) is 0 Å². The molecule has 1 aliphatic carbocycles. The second-order valence-electron chi connectivity index (χ2n) is 4.51. The summed E-state index contributed by atoms with van der Waals surface area (Å²) in [6.45, 7) is 3.75. The van der Waals surface area contributed by atoms with Crippen LogP contribution < -0.4 is 0 Å². The molecule has 1 aliphatic rings. The zero-order chi connectivity index (χ0) is 10.8. The van der Waals surface area contributed by atoms with Crippen molar-refractivity contribution in [3.63, 3.8) is 0 Å². The Labute approximate surface area is 95.5 Å². The molecule has 0 aromatic rings. The molecule has 0 spiro atoms. The minimum atomic E-state index is -2.87. The van der Waals surface area contributed by atoms with E-state index in [4.69, 9.17) is 0 Å². The molecule has 0 saturated heterocycles. The number of halogens is 1. The second kappa shape index (κ2) is 4.52. The van der Waals surface area contributed by atoms with Crippen molar-refractivity contribution >= 4 is 25.8 Å². The van der Waals surface area contributed by atoms with E-state index in [0.717, 1.165) is 24.6 Å². The van der Waals surface area contributed by atoms with Crippen LogP contribution in [0.2, 0.25) is 0 Å². The lowest BCUT2D eigenvalue weighted by Crippen LogP contribution is -2.40. The van der Waals surface area contributed by atoms with Crippen LogP contribution in [-0.2, 0) is 9.84 Å². The molecule has 2 nitrogen and oxygen atoms in total. The standard InChI is InChI=1S/C10H19BrO2S/c1-3-9(2)14(12,13)8-10(7-11)5-4-6-10/h9H,3-8H2,1-2H3. The molecular weight excluding hydrogens is 264 g/mol. The van der Waals surface area contributed by atoms with Gasteiger partial charge in [-0.15, -0.1) is 0 Å². The molecule has 0 aromatic carbocycles. The van der Waals surface area contributed by atoms with E-state index in [0.29, 0.717) is 5.75 Å². The lowest BCUT2D eigenvalue weighted by molar-refractivity contribution is 0.202. The van der Waals surface area contributed by atoms with Crippen molar-refractivity contribution in [3.05, 3.63) is 0 Å². The van der Waals surface area contributed by atoms with Gasteiger partial charge in [0.15, 0.2) is 9.84 Å². The van der Waals surface area contributed by atoms with Crippen molar-refractivity contribution in [2.75, 3.05) is 11.1 Å². The van der Waals surface area contributed by atoms with Crippen LogP contribution in [-0.4, -0.2) is 24.8 Å². The third kappa shape index (κ3) is 2.51. The average molecular weight is 283 g/mol. The summed E-state index contributed by atoms with van der Waals surface area (Å²) in [6, 6.07) is 0. The number of alkyl halides is 1. The summed E-state index contributed by atoms with van der Waals surface area (Å²) >= 11 is 3.44. The first-order chi connectivity index (χ1) is 6.46. The average Bonchev–Trinajstić information content (AvgIpc) is 2.10. The molecule has 1 saturated carbocycles. The Morgan fingerprint density at radius 1 is 1.43 bits per heavy atom. The first-order valence-corrected chi connectivity index (χ1v) is 8.07. The van der Waals surface area contributed by atoms with Gasteiger partial charge in [0.1, 0.15) is 0 Å². The summed E-state index contributed by atoms with van der Waals surface area (Å²) in [6.07, 6.45) is 4.03. The molecule has 0 radical (unpaired) electrons. The van der Waals surface area contributed by atoms with Gasteiger partial charge >= 0.3 is 0 Å². The molecule has 0 N–H and O–H groups in total. The summed E-state index contributed by atoms with van der Waals surface area (Å²) < 4.78 is 23.8. The highest BCUT2D eigenvalue weighted by Gasteiger charge is 2.41. The predicted octanol–water partition coefficient (Wildman–Crippen LogP) is 2.76. The van der Waals surface area contributed by atoms with E-state index in [9.17, 15) is 8.42 Å². The lowest BCUT2D eigenvalue weighted by Gasteiger charge is -2.40. The van der Waals surface area contributed by atoms with Gasteiger partial charge in [-0.05, 0) is 31.6 Å². The quantitative estimate of drug-likeness (QED) is 0.727. The normalized spacial score (nSPS) is 22.8. The van der Waals surface area contributed by atoms with Crippen LogP contribution in [0.4, 0.5) is 0 Å². The van der Waals surface area contributed by atoms with Crippen LogP contribution in [0.15, 0.2) is 0 Å². The van der Waals surface area contributed by atoms with Crippen molar-refractivity contribution in [2.45, 2.75) is 44.8 Å². The van der Waals surface area contributed by atoms with Gasteiger partial charge in [0, 0.05) is 5.33 Å². The first kappa shape index (κ1) is 12.5. The molecular formula is C10H19BrO2S. The largest absolute Gasteiger partial charge is 0.229 e. The van der Waals surface area contributed by atoms with Crippen LogP contribution in [0, 0.1) is 5.41 Å². The minimum Gasteiger partial charge on any atom is -0.229 e. The summed E-state index contributed by atoms with van der Waals surface area (Å²) in [5.41, 5.74) is 0.0578. The highest BCUT2D eigenvalue weighted by molar-refractivity contribution is 9.09. The van der Waals surface area contributed by atoms with E-state index in [1.54, 1.807) is 0 Å². The molecule has 0 aliphatic heterocycles. The highest BCUT2D eigenvalue weighted by atomic mass is 79.9. The van der Waals surface area contributed by atoms with Gasteiger partial charge < -0.3 is 0 Å². The molecule has 0 heterocycles. The van der Waals surface area contributed by atoms with Crippen LogP contribution in [0.3, 0.4) is 0 Å². The van der Waals surface area contributed by atoms with Gasteiger partial charge in [-0.25, -0.2) is 8.42 Å². The van der Waals surface area contributed by atoms with Crippen molar-refractivity contribution < 1.29 is 8.42 Å². The molecule has 84 valence electrons. The molecule has 1 fully saturated rings. The van der Waals surface area contributed by atoms with Crippen molar-refractivity contribution in [1.82, 2.24) is 0 Å². The predicted molar refractivity (Wildman–Crippen MR) is 63.6 cm³/mol.